The zero-order chi connectivity index (χ0) is 12.2. The van der Waals surface area contributed by atoms with Crippen LogP contribution in [0.1, 0.15) is 33.5 Å². The number of nitrogens with one attached hydrogen (secondary N) is 1. The standard InChI is InChI=1S/C11H22N4S/c1-9(7-16-11(2,3)4)12-6-10-14-13-8-15(10)5/h8-9,12H,6-7H2,1-5H3/t9-/m1/s1. The van der Waals surface area contributed by atoms with Crippen molar-refractivity contribution in [1.29, 1.82) is 0 Å². The third kappa shape index (κ3) is 4.99. The van der Waals surface area contributed by atoms with Crippen molar-refractivity contribution < 1.29 is 0 Å². The lowest BCUT2D eigenvalue weighted by atomic mass is 10.3. The molecule has 0 aliphatic carbocycles. The summed E-state index contributed by atoms with van der Waals surface area (Å²) < 4.78 is 2.28. The van der Waals surface area contributed by atoms with Gasteiger partial charge in [0.2, 0.25) is 0 Å². The van der Waals surface area contributed by atoms with Crippen molar-refractivity contribution in [2.45, 2.75) is 45.0 Å². The maximum absolute atomic E-state index is 4.04. The maximum Gasteiger partial charge on any atom is 0.146 e. The SMILES string of the molecule is C[C@H](CSC(C)(C)C)NCc1nncn1C. The van der Waals surface area contributed by atoms with Crippen molar-refractivity contribution in [1.82, 2.24) is 20.1 Å². The van der Waals surface area contributed by atoms with Crippen LogP contribution >= 0.6 is 11.8 Å². The summed E-state index contributed by atoms with van der Waals surface area (Å²) in [7, 11) is 1.96. The lowest BCUT2D eigenvalue weighted by molar-refractivity contribution is 0.564. The minimum absolute atomic E-state index is 0.334. The predicted octanol–water partition coefficient (Wildman–Crippen LogP) is 1.82. The summed E-state index contributed by atoms with van der Waals surface area (Å²) in [6.07, 6.45) is 1.73. The highest BCUT2D eigenvalue weighted by Crippen LogP contribution is 2.23. The molecule has 92 valence electrons. The van der Waals surface area contributed by atoms with E-state index in [0.717, 1.165) is 18.1 Å². The molecule has 1 N–H and O–H groups in total. The fourth-order valence-electron chi connectivity index (χ4n) is 1.17. The van der Waals surface area contributed by atoms with E-state index in [2.05, 4.69) is 43.2 Å². The molecule has 0 aliphatic rings. The first-order valence-corrected chi connectivity index (χ1v) is 6.57. The van der Waals surface area contributed by atoms with Gasteiger partial charge < -0.3 is 9.88 Å². The normalized spacial score (nSPS) is 14.1. The number of aryl methyl sites for hydroxylation is 1. The van der Waals surface area contributed by atoms with Crippen LogP contribution in [-0.2, 0) is 13.6 Å². The molecule has 1 atom stereocenters. The predicted molar refractivity (Wildman–Crippen MR) is 69.5 cm³/mol. The molecular weight excluding hydrogens is 220 g/mol. The molecule has 0 radical (unpaired) electrons. The van der Waals surface area contributed by atoms with Crippen LogP contribution in [0.25, 0.3) is 0 Å². The first kappa shape index (κ1) is 13.5. The fourth-order valence-corrected chi connectivity index (χ4v) is 2.03. The maximum atomic E-state index is 4.04. The molecule has 5 heteroatoms. The Hall–Kier alpha value is -0.550. The fraction of sp³-hybridized carbons (Fsp3) is 0.818. The molecule has 0 aliphatic heterocycles. The second kappa shape index (κ2) is 5.68. The highest BCUT2D eigenvalue weighted by atomic mass is 32.2. The average molecular weight is 242 g/mol. The van der Waals surface area contributed by atoms with Crippen LogP contribution in [-0.4, -0.2) is 31.3 Å². The Morgan fingerprint density at radius 2 is 2.19 bits per heavy atom. The van der Waals surface area contributed by atoms with E-state index >= 15 is 0 Å². The van der Waals surface area contributed by atoms with Gasteiger partial charge in [0.05, 0.1) is 6.54 Å². The second-order valence-corrected chi connectivity index (χ2v) is 6.91. The molecule has 1 rings (SSSR count). The largest absolute Gasteiger partial charge is 0.320 e. The van der Waals surface area contributed by atoms with E-state index in [1.54, 1.807) is 6.33 Å². The molecule has 0 fully saturated rings. The molecule has 4 nitrogen and oxygen atoms in total. The Morgan fingerprint density at radius 1 is 1.50 bits per heavy atom. The summed E-state index contributed by atoms with van der Waals surface area (Å²) in [6.45, 7) is 9.71. The molecule has 0 unspecified atom stereocenters. The van der Waals surface area contributed by atoms with Crippen LogP contribution in [0.5, 0.6) is 0 Å². The van der Waals surface area contributed by atoms with Gasteiger partial charge in [0.1, 0.15) is 12.2 Å². The summed E-state index contributed by atoms with van der Waals surface area (Å²) in [4.78, 5) is 0. The monoisotopic (exact) mass is 242 g/mol. The van der Waals surface area contributed by atoms with Crippen molar-refractivity contribution in [3.63, 3.8) is 0 Å². The van der Waals surface area contributed by atoms with E-state index < -0.39 is 0 Å². The number of aromatic nitrogens is 3. The van der Waals surface area contributed by atoms with Gasteiger partial charge in [0.15, 0.2) is 0 Å². The van der Waals surface area contributed by atoms with E-state index in [0.29, 0.717) is 10.8 Å². The Bertz CT molecular complexity index is 316. The molecular formula is C11H22N4S. The van der Waals surface area contributed by atoms with Gasteiger partial charge in [0, 0.05) is 23.6 Å². The topological polar surface area (TPSA) is 42.7 Å². The second-order valence-electron chi connectivity index (χ2n) is 5.06. The molecule has 16 heavy (non-hydrogen) atoms. The van der Waals surface area contributed by atoms with Gasteiger partial charge in [-0.15, -0.1) is 10.2 Å². The molecule has 0 saturated carbocycles. The number of nitrogens with zero attached hydrogens (tertiary/aromatic N) is 3. The van der Waals surface area contributed by atoms with Crippen LogP contribution < -0.4 is 5.32 Å². The zero-order valence-corrected chi connectivity index (χ0v) is 11.6. The van der Waals surface area contributed by atoms with Gasteiger partial charge in [-0.3, -0.25) is 0 Å². The first-order valence-electron chi connectivity index (χ1n) is 5.59. The molecule has 0 bridgehead atoms. The number of rotatable bonds is 5. The van der Waals surface area contributed by atoms with Gasteiger partial charge in [-0.25, -0.2) is 0 Å². The summed E-state index contributed by atoms with van der Waals surface area (Å²) >= 11 is 1.98. The van der Waals surface area contributed by atoms with Crippen molar-refractivity contribution in [2.75, 3.05) is 5.75 Å². The molecule has 1 heterocycles. The van der Waals surface area contributed by atoms with Crippen LogP contribution in [0.3, 0.4) is 0 Å². The van der Waals surface area contributed by atoms with E-state index in [1.807, 2.05) is 23.4 Å². The van der Waals surface area contributed by atoms with E-state index in [4.69, 9.17) is 0 Å². The quantitative estimate of drug-likeness (QED) is 0.855. The Labute approximate surface area is 102 Å². The zero-order valence-electron chi connectivity index (χ0n) is 10.8. The summed E-state index contributed by atoms with van der Waals surface area (Å²) in [5, 5.41) is 11.3. The third-order valence-corrected chi connectivity index (χ3v) is 3.71. The van der Waals surface area contributed by atoms with E-state index in [9.17, 15) is 0 Å². The highest BCUT2D eigenvalue weighted by Gasteiger charge is 2.13. The highest BCUT2D eigenvalue weighted by molar-refractivity contribution is 8.00. The van der Waals surface area contributed by atoms with Gasteiger partial charge in [-0.2, -0.15) is 11.8 Å². The molecule has 0 spiro atoms. The molecule has 0 amide bonds. The van der Waals surface area contributed by atoms with Crippen LogP contribution in [0.2, 0.25) is 0 Å². The van der Waals surface area contributed by atoms with Crippen molar-refractivity contribution in [3.05, 3.63) is 12.2 Å². The van der Waals surface area contributed by atoms with Gasteiger partial charge in [-0.05, 0) is 6.92 Å². The lowest BCUT2D eigenvalue weighted by Crippen LogP contribution is -2.30. The summed E-state index contributed by atoms with van der Waals surface area (Å²) in [5.41, 5.74) is 0. The smallest absolute Gasteiger partial charge is 0.146 e. The van der Waals surface area contributed by atoms with Gasteiger partial charge in [-0.1, -0.05) is 20.8 Å². The van der Waals surface area contributed by atoms with E-state index in [-0.39, 0.29) is 0 Å². The van der Waals surface area contributed by atoms with Gasteiger partial charge in [0.25, 0.3) is 0 Å². The third-order valence-electron chi connectivity index (χ3n) is 2.18. The minimum Gasteiger partial charge on any atom is -0.320 e. The molecule has 0 aromatic carbocycles. The summed E-state index contributed by atoms with van der Waals surface area (Å²) in [6, 6.07) is 0.487. The van der Waals surface area contributed by atoms with Crippen LogP contribution in [0.4, 0.5) is 0 Å². The van der Waals surface area contributed by atoms with Crippen molar-refractivity contribution in [2.24, 2.45) is 7.05 Å². The van der Waals surface area contributed by atoms with Crippen LogP contribution in [0, 0.1) is 0 Å². The van der Waals surface area contributed by atoms with Crippen LogP contribution in [0.15, 0.2) is 6.33 Å². The average Bonchev–Trinajstić information content (AvgIpc) is 2.57. The minimum atomic E-state index is 0.334. The number of hydrogen-bond donors (Lipinski definition) is 1. The first-order chi connectivity index (χ1) is 7.38. The Kier molecular flexibility index (Phi) is 4.80. The summed E-state index contributed by atoms with van der Waals surface area (Å²) in [5.74, 6) is 2.09. The lowest BCUT2D eigenvalue weighted by Gasteiger charge is -2.21. The number of thioether (sulfide) groups is 1. The van der Waals surface area contributed by atoms with Crippen molar-refractivity contribution >= 4 is 11.8 Å². The number of hydrogen-bond acceptors (Lipinski definition) is 4. The van der Waals surface area contributed by atoms with E-state index in [1.165, 1.54) is 0 Å². The Balaban J connectivity index is 2.25. The molecule has 1 aromatic rings. The Morgan fingerprint density at radius 3 is 2.69 bits per heavy atom. The van der Waals surface area contributed by atoms with Crippen molar-refractivity contribution in [3.8, 4) is 0 Å². The molecule has 0 saturated heterocycles. The molecule has 1 aromatic heterocycles. The van der Waals surface area contributed by atoms with Gasteiger partial charge >= 0.3 is 0 Å².